The summed E-state index contributed by atoms with van der Waals surface area (Å²) in [4.78, 5) is 20.5. The maximum atomic E-state index is 12.7. The average molecular weight is 391 g/mol. The standard InChI is InChI=1S/C19H16F3N3OS/c20-19(21,22)14-2-1-3-15(10-14)24-17(26)11-16-12-27-18(25-16)5-4-13-6-8-23-9-7-13/h1-3,6-10,12H,4-5,11H2,(H,24,26). The molecule has 8 heteroatoms. The Morgan fingerprint density at radius 1 is 1.11 bits per heavy atom. The number of anilines is 1. The van der Waals surface area contributed by atoms with Crippen LogP contribution in [-0.2, 0) is 30.2 Å². The van der Waals surface area contributed by atoms with Crippen molar-refractivity contribution in [2.24, 2.45) is 0 Å². The van der Waals surface area contributed by atoms with Crippen LogP contribution in [0.15, 0.2) is 54.2 Å². The van der Waals surface area contributed by atoms with Gasteiger partial charge in [-0.1, -0.05) is 6.07 Å². The SMILES string of the molecule is O=C(Cc1csc(CCc2ccncc2)n1)Nc1cccc(C(F)(F)F)c1. The van der Waals surface area contributed by atoms with E-state index >= 15 is 0 Å². The van der Waals surface area contributed by atoms with Crippen LogP contribution >= 0.6 is 11.3 Å². The van der Waals surface area contributed by atoms with Crippen molar-refractivity contribution in [2.75, 3.05) is 5.32 Å². The molecule has 4 nitrogen and oxygen atoms in total. The number of hydrogen-bond acceptors (Lipinski definition) is 4. The number of benzene rings is 1. The summed E-state index contributed by atoms with van der Waals surface area (Å²) in [5.41, 5.74) is 1.08. The lowest BCUT2D eigenvalue weighted by Gasteiger charge is -2.09. The number of nitrogens with one attached hydrogen (secondary N) is 1. The molecule has 3 rings (SSSR count). The summed E-state index contributed by atoms with van der Waals surface area (Å²) in [7, 11) is 0. The van der Waals surface area contributed by atoms with Gasteiger partial charge in [0.05, 0.1) is 22.7 Å². The van der Waals surface area contributed by atoms with Crippen molar-refractivity contribution in [1.29, 1.82) is 0 Å². The van der Waals surface area contributed by atoms with E-state index in [2.05, 4.69) is 15.3 Å². The van der Waals surface area contributed by atoms with Crippen molar-refractivity contribution < 1.29 is 18.0 Å². The summed E-state index contributed by atoms with van der Waals surface area (Å²) < 4.78 is 38.2. The van der Waals surface area contributed by atoms with Crippen molar-refractivity contribution in [3.63, 3.8) is 0 Å². The maximum absolute atomic E-state index is 12.7. The Balaban J connectivity index is 1.55. The number of rotatable bonds is 6. The van der Waals surface area contributed by atoms with Gasteiger partial charge < -0.3 is 5.32 Å². The smallest absolute Gasteiger partial charge is 0.326 e. The number of carbonyl (C=O) groups excluding carboxylic acids is 1. The lowest BCUT2D eigenvalue weighted by atomic mass is 10.1. The number of alkyl halides is 3. The van der Waals surface area contributed by atoms with E-state index in [9.17, 15) is 18.0 Å². The second-order valence-electron chi connectivity index (χ2n) is 5.89. The van der Waals surface area contributed by atoms with Crippen molar-refractivity contribution in [2.45, 2.75) is 25.4 Å². The minimum atomic E-state index is -4.45. The Morgan fingerprint density at radius 3 is 2.63 bits per heavy atom. The molecule has 0 aliphatic heterocycles. The summed E-state index contributed by atoms with van der Waals surface area (Å²) in [6, 6.07) is 8.45. The van der Waals surface area contributed by atoms with Gasteiger partial charge in [0.25, 0.3) is 0 Å². The Bertz CT molecular complexity index is 910. The molecule has 3 aromatic rings. The molecular formula is C19H16F3N3OS. The Morgan fingerprint density at radius 2 is 1.89 bits per heavy atom. The molecular weight excluding hydrogens is 375 g/mol. The van der Waals surface area contributed by atoms with Gasteiger partial charge in [0.1, 0.15) is 0 Å². The van der Waals surface area contributed by atoms with Gasteiger partial charge in [0, 0.05) is 29.9 Å². The van der Waals surface area contributed by atoms with Gasteiger partial charge in [0.15, 0.2) is 0 Å². The summed E-state index contributed by atoms with van der Waals surface area (Å²) in [5.74, 6) is -0.402. The van der Waals surface area contributed by atoms with E-state index in [-0.39, 0.29) is 12.1 Å². The molecule has 1 aromatic carbocycles. The first-order valence-corrected chi connectivity index (χ1v) is 9.07. The lowest BCUT2D eigenvalue weighted by molar-refractivity contribution is -0.137. The highest BCUT2D eigenvalue weighted by molar-refractivity contribution is 7.09. The zero-order chi connectivity index (χ0) is 19.3. The summed E-state index contributed by atoms with van der Waals surface area (Å²) >= 11 is 1.47. The third kappa shape index (κ3) is 5.62. The Labute approximate surface area is 158 Å². The molecule has 0 radical (unpaired) electrons. The van der Waals surface area contributed by atoms with Crippen LogP contribution in [0.25, 0.3) is 0 Å². The van der Waals surface area contributed by atoms with Crippen LogP contribution in [0.2, 0.25) is 0 Å². The minimum Gasteiger partial charge on any atom is -0.326 e. The van der Waals surface area contributed by atoms with Crippen molar-refractivity contribution in [3.05, 3.63) is 76.0 Å². The molecule has 0 spiro atoms. The normalized spacial score (nSPS) is 11.4. The number of hydrogen-bond donors (Lipinski definition) is 1. The zero-order valence-electron chi connectivity index (χ0n) is 14.2. The zero-order valence-corrected chi connectivity index (χ0v) is 15.0. The summed E-state index contributed by atoms with van der Waals surface area (Å²) in [5, 5.41) is 5.20. The molecule has 0 saturated carbocycles. The molecule has 2 aromatic heterocycles. The van der Waals surface area contributed by atoms with Gasteiger partial charge in [0.2, 0.25) is 5.91 Å². The second kappa shape index (κ2) is 8.30. The number of aromatic nitrogens is 2. The number of amides is 1. The van der Waals surface area contributed by atoms with Crippen LogP contribution in [0.1, 0.15) is 21.8 Å². The highest BCUT2D eigenvalue weighted by atomic mass is 32.1. The Kier molecular flexibility index (Phi) is 5.85. The van der Waals surface area contributed by atoms with E-state index < -0.39 is 17.6 Å². The molecule has 1 N–H and O–H groups in total. The number of pyridine rings is 1. The molecule has 2 heterocycles. The third-order valence-electron chi connectivity index (χ3n) is 3.79. The van der Waals surface area contributed by atoms with E-state index in [1.54, 1.807) is 17.8 Å². The first-order valence-electron chi connectivity index (χ1n) is 8.19. The summed E-state index contributed by atoms with van der Waals surface area (Å²) in [6.07, 6.45) is 0.624. The quantitative estimate of drug-likeness (QED) is 0.672. The monoisotopic (exact) mass is 391 g/mol. The van der Waals surface area contributed by atoms with Gasteiger partial charge in [-0.3, -0.25) is 9.78 Å². The van der Waals surface area contributed by atoms with Gasteiger partial charge in [-0.2, -0.15) is 13.2 Å². The Hall–Kier alpha value is -2.74. The largest absolute Gasteiger partial charge is 0.416 e. The molecule has 1 amide bonds. The highest BCUT2D eigenvalue weighted by Crippen LogP contribution is 2.30. The van der Waals surface area contributed by atoms with Crippen LogP contribution in [-0.4, -0.2) is 15.9 Å². The molecule has 0 fully saturated rings. The fraction of sp³-hybridized carbons (Fsp3) is 0.211. The molecule has 0 bridgehead atoms. The molecule has 0 saturated heterocycles. The molecule has 140 valence electrons. The fourth-order valence-electron chi connectivity index (χ4n) is 2.49. The topological polar surface area (TPSA) is 54.9 Å². The number of aryl methyl sites for hydroxylation is 2. The third-order valence-corrected chi connectivity index (χ3v) is 4.75. The molecule has 27 heavy (non-hydrogen) atoms. The van der Waals surface area contributed by atoms with E-state index in [0.717, 1.165) is 35.5 Å². The van der Waals surface area contributed by atoms with Crippen LogP contribution in [0, 0.1) is 0 Å². The number of nitrogens with zero attached hydrogens (tertiary/aromatic N) is 2. The number of halogens is 3. The van der Waals surface area contributed by atoms with Crippen LogP contribution in [0.4, 0.5) is 18.9 Å². The molecule has 0 atom stereocenters. The predicted octanol–water partition coefficient (Wildman–Crippen LogP) is 4.52. The molecule has 0 unspecified atom stereocenters. The maximum Gasteiger partial charge on any atom is 0.416 e. The highest BCUT2D eigenvalue weighted by Gasteiger charge is 2.30. The molecule has 0 aliphatic rings. The van der Waals surface area contributed by atoms with Gasteiger partial charge in [-0.05, 0) is 42.3 Å². The van der Waals surface area contributed by atoms with E-state index in [1.807, 2.05) is 12.1 Å². The van der Waals surface area contributed by atoms with Crippen molar-refractivity contribution >= 4 is 22.9 Å². The van der Waals surface area contributed by atoms with Gasteiger partial charge in [-0.25, -0.2) is 4.98 Å². The van der Waals surface area contributed by atoms with Gasteiger partial charge in [-0.15, -0.1) is 11.3 Å². The first kappa shape index (κ1) is 19.0. The number of thiazole rings is 1. The fourth-order valence-corrected chi connectivity index (χ4v) is 3.29. The van der Waals surface area contributed by atoms with Crippen molar-refractivity contribution in [1.82, 2.24) is 9.97 Å². The van der Waals surface area contributed by atoms with E-state index in [1.165, 1.54) is 23.5 Å². The number of carbonyl (C=O) groups is 1. The van der Waals surface area contributed by atoms with Gasteiger partial charge >= 0.3 is 6.18 Å². The average Bonchev–Trinajstić information content (AvgIpc) is 3.07. The van der Waals surface area contributed by atoms with E-state index in [0.29, 0.717) is 5.69 Å². The van der Waals surface area contributed by atoms with Crippen LogP contribution in [0.5, 0.6) is 0 Å². The first-order chi connectivity index (χ1) is 12.9. The van der Waals surface area contributed by atoms with Crippen LogP contribution in [0.3, 0.4) is 0 Å². The predicted molar refractivity (Wildman–Crippen MR) is 97.5 cm³/mol. The van der Waals surface area contributed by atoms with Crippen molar-refractivity contribution in [3.8, 4) is 0 Å². The minimum absolute atomic E-state index is 0.0159. The lowest BCUT2D eigenvalue weighted by Crippen LogP contribution is -2.15. The summed E-state index contributed by atoms with van der Waals surface area (Å²) in [6.45, 7) is 0. The van der Waals surface area contributed by atoms with E-state index in [4.69, 9.17) is 0 Å². The second-order valence-corrected chi connectivity index (χ2v) is 6.83. The molecule has 0 aliphatic carbocycles. The van der Waals surface area contributed by atoms with Crippen LogP contribution < -0.4 is 5.32 Å².